The van der Waals surface area contributed by atoms with Gasteiger partial charge in [-0.3, -0.25) is 9.36 Å². The van der Waals surface area contributed by atoms with E-state index >= 15 is 0 Å². The minimum Gasteiger partial charge on any atom is -0.472 e. The van der Waals surface area contributed by atoms with Crippen molar-refractivity contribution in [2.24, 2.45) is 7.05 Å². The number of pyridine rings is 1. The fraction of sp³-hybridized carbons (Fsp3) is 0.435. The first-order valence-electron chi connectivity index (χ1n) is 11.4. The van der Waals surface area contributed by atoms with Crippen LogP contribution in [0.15, 0.2) is 30.9 Å². The lowest BCUT2D eigenvalue weighted by molar-refractivity contribution is 0.119. The standard InChI is InChI=1S/C23H27FN8O2/c1-4-25-20-9-19-17(11-26-20)21(14-10-28-31(2)13-14)30-32(19)15-5-7-16(8-6-15)34-22-18(24)12-27-23(29-22)33-3/h9-13,15-16H,4-8H2,1-3H3,(H,25,26)/t15-,16+. The second-order valence-corrected chi connectivity index (χ2v) is 8.37. The SMILES string of the molecule is CCNc1cc2c(cn1)c(-c1cnn(C)c1)nn2[C@H]1CC[C@@H](Oc2nc(OC)ncc2F)CC1. The Labute approximate surface area is 196 Å². The molecule has 178 valence electrons. The number of nitrogens with one attached hydrogen (secondary N) is 1. The molecule has 0 saturated heterocycles. The van der Waals surface area contributed by atoms with Gasteiger partial charge in [-0.05, 0) is 32.6 Å². The molecule has 0 bridgehead atoms. The lowest BCUT2D eigenvalue weighted by Crippen LogP contribution is -2.27. The molecule has 34 heavy (non-hydrogen) atoms. The van der Waals surface area contributed by atoms with E-state index in [0.29, 0.717) is 0 Å². The summed E-state index contributed by atoms with van der Waals surface area (Å²) >= 11 is 0. The Balaban J connectivity index is 1.39. The summed E-state index contributed by atoms with van der Waals surface area (Å²) in [5, 5.41) is 13.6. The van der Waals surface area contributed by atoms with Gasteiger partial charge in [0.15, 0.2) is 0 Å². The Bertz CT molecular complexity index is 1300. The Hall–Kier alpha value is -3.76. The highest BCUT2D eigenvalue weighted by atomic mass is 19.1. The number of fused-ring (bicyclic) bond motifs is 1. The molecule has 0 spiro atoms. The Morgan fingerprint density at radius 3 is 2.68 bits per heavy atom. The molecule has 0 atom stereocenters. The molecule has 0 radical (unpaired) electrons. The fourth-order valence-corrected chi connectivity index (χ4v) is 4.43. The Kier molecular flexibility index (Phi) is 5.99. The van der Waals surface area contributed by atoms with Gasteiger partial charge in [0.25, 0.3) is 5.88 Å². The van der Waals surface area contributed by atoms with Crippen LogP contribution in [0, 0.1) is 5.82 Å². The van der Waals surface area contributed by atoms with Crippen molar-refractivity contribution >= 4 is 16.7 Å². The lowest BCUT2D eigenvalue weighted by Gasteiger charge is -2.29. The van der Waals surface area contributed by atoms with Gasteiger partial charge in [0.05, 0.1) is 31.1 Å². The van der Waals surface area contributed by atoms with Crippen LogP contribution < -0.4 is 14.8 Å². The lowest BCUT2D eigenvalue weighted by atomic mass is 9.93. The van der Waals surface area contributed by atoms with E-state index in [2.05, 4.69) is 36.1 Å². The van der Waals surface area contributed by atoms with Crippen molar-refractivity contribution in [1.82, 2.24) is 34.5 Å². The van der Waals surface area contributed by atoms with Gasteiger partial charge in [0.1, 0.15) is 17.6 Å². The van der Waals surface area contributed by atoms with Crippen molar-refractivity contribution < 1.29 is 13.9 Å². The average molecular weight is 467 g/mol. The highest BCUT2D eigenvalue weighted by molar-refractivity contribution is 5.93. The number of aryl methyl sites for hydroxylation is 1. The Morgan fingerprint density at radius 1 is 1.15 bits per heavy atom. The van der Waals surface area contributed by atoms with Crippen LogP contribution in [0.3, 0.4) is 0 Å². The molecule has 0 amide bonds. The zero-order valence-corrected chi connectivity index (χ0v) is 19.4. The zero-order valence-electron chi connectivity index (χ0n) is 19.4. The first-order valence-corrected chi connectivity index (χ1v) is 11.4. The number of ether oxygens (including phenoxy) is 2. The third-order valence-corrected chi connectivity index (χ3v) is 6.07. The first-order chi connectivity index (χ1) is 16.6. The van der Waals surface area contributed by atoms with Gasteiger partial charge in [-0.15, -0.1) is 0 Å². The Morgan fingerprint density at radius 2 is 1.97 bits per heavy atom. The minimum atomic E-state index is -0.592. The number of aromatic nitrogens is 7. The second kappa shape index (κ2) is 9.24. The van der Waals surface area contributed by atoms with Crippen molar-refractivity contribution in [2.75, 3.05) is 19.0 Å². The molecule has 4 heterocycles. The maximum absolute atomic E-state index is 14.1. The van der Waals surface area contributed by atoms with E-state index in [-0.39, 0.29) is 24.0 Å². The average Bonchev–Trinajstić information content (AvgIpc) is 3.44. The smallest absolute Gasteiger partial charge is 0.319 e. The highest BCUT2D eigenvalue weighted by Gasteiger charge is 2.28. The summed E-state index contributed by atoms with van der Waals surface area (Å²) in [6.45, 7) is 2.83. The van der Waals surface area contributed by atoms with Crippen molar-refractivity contribution in [2.45, 2.75) is 44.8 Å². The molecule has 4 aromatic heterocycles. The van der Waals surface area contributed by atoms with Gasteiger partial charge in [-0.2, -0.15) is 19.6 Å². The summed E-state index contributed by atoms with van der Waals surface area (Å²) in [5.74, 6) is 0.157. The van der Waals surface area contributed by atoms with E-state index < -0.39 is 5.82 Å². The quantitative estimate of drug-likeness (QED) is 0.439. The molecule has 0 aromatic carbocycles. The molecule has 11 heteroatoms. The minimum absolute atomic E-state index is 0.0694. The molecular weight excluding hydrogens is 439 g/mol. The number of hydrogen-bond acceptors (Lipinski definition) is 8. The largest absolute Gasteiger partial charge is 0.472 e. The summed E-state index contributed by atoms with van der Waals surface area (Å²) in [6.07, 6.45) is 9.78. The van der Waals surface area contributed by atoms with E-state index in [1.165, 1.54) is 7.11 Å². The molecule has 0 aliphatic heterocycles. The molecule has 4 aromatic rings. The third-order valence-electron chi connectivity index (χ3n) is 6.07. The van der Waals surface area contributed by atoms with E-state index in [1.54, 1.807) is 4.68 Å². The third kappa shape index (κ3) is 4.25. The number of halogens is 1. The van der Waals surface area contributed by atoms with Gasteiger partial charge in [-0.1, -0.05) is 0 Å². The highest BCUT2D eigenvalue weighted by Crippen LogP contribution is 2.36. The van der Waals surface area contributed by atoms with Gasteiger partial charge in [-0.25, -0.2) is 9.97 Å². The van der Waals surface area contributed by atoms with Crippen molar-refractivity contribution in [1.29, 1.82) is 0 Å². The van der Waals surface area contributed by atoms with E-state index in [0.717, 1.165) is 66.4 Å². The number of rotatable bonds is 7. The number of nitrogens with zero attached hydrogens (tertiary/aromatic N) is 7. The summed E-state index contributed by atoms with van der Waals surface area (Å²) in [7, 11) is 3.33. The second-order valence-electron chi connectivity index (χ2n) is 8.37. The summed E-state index contributed by atoms with van der Waals surface area (Å²) < 4.78 is 28.8. The predicted octanol–water partition coefficient (Wildman–Crippen LogP) is 3.76. The van der Waals surface area contributed by atoms with Crippen LogP contribution in [0.1, 0.15) is 38.6 Å². The zero-order chi connectivity index (χ0) is 23.7. The molecule has 1 aliphatic rings. The van der Waals surface area contributed by atoms with Crippen LogP contribution in [-0.2, 0) is 7.05 Å². The van der Waals surface area contributed by atoms with E-state index in [1.807, 2.05) is 32.6 Å². The van der Waals surface area contributed by atoms with E-state index in [9.17, 15) is 4.39 Å². The van der Waals surface area contributed by atoms with Gasteiger partial charge in [0, 0.05) is 43.0 Å². The van der Waals surface area contributed by atoms with Crippen LogP contribution in [0.25, 0.3) is 22.2 Å². The van der Waals surface area contributed by atoms with Gasteiger partial charge < -0.3 is 14.8 Å². The summed E-state index contributed by atoms with van der Waals surface area (Å²) in [5.41, 5.74) is 2.85. The van der Waals surface area contributed by atoms with Gasteiger partial charge >= 0.3 is 6.01 Å². The maximum Gasteiger partial charge on any atom is 0.319 e. The molecule has 5 rings (SSSR count). The monoisotopic (exact) mass is 466 g/mol. The molecule has 10 nitrogen and oxygen atoms in total. The van der Waals surface area contributed by atoms with Crippen molar-refractivity contribution in [3.63, 3.8) is 0 Å². The molecule has 1 saturated carbocycles. The topological polar surface area (TPSA) is 105 Å². The van der Waals surface area contributed by atoms with Crippen LogP contribution in [0.2, 0.25) is 0 Å². The fourth-order valence-electron chi connectivity index (χ4n) is 4.43. The summed E-state index contributed by atoms with van der Waals surface area (Å²) in [4.78, 5) is 12.3. The normalized spacial score (nSPS) is 18.2. The molecule has 1 fully saturated rings. The van der Waals surface area contributed by atoms with E-state index in [4.69, 9.17) is 14.6 Å². The van der Waals surface area contributed by atoms with Crippen LogP contribution in [0.4, 0.5) is 10.2 Å². The van der Waals surface area contributed by atoms with Crippen LogP contribution >= 0.6 is 0 Å². The molecule has 0 unspecified atom stereocenters. The number of methoxy groups -OCH3 is 1. The van der Waals surface area contributed by atoms with Crippen LogP contribution in [0.5, 0.6) is 11.9 Å². The first kappa shape index (κ1) is 22.1. The maximum atomic E-state index is 14.1. The number of anilines is 1. The van der Waals surface area contributed by atoms with Gasteiger partial charge in [0.2, 0.25) is 5.82 Å². The molecular formula is C23H27FN8O2. The van der Waals surface area contributed by atoms with Crippen molar-refractivity contribution in [3.05, 3.63) is 36.7 Å². The molecule has 1 N–H and O–H groups in total. The van der Waals surface area contributed by atoms with Crippen LogP contribution in [-0.4, -0.2) is 54.3 Å². The number of hydrogen-bond donors (Lipinski definition) is 1. The summed E-state index contributed by atoms with van der Waals surface area (Å²) in [6, 6.07) is 2.33. The van der Waals surface area contributed by atoms with Crippen molar-refractivity contribution in [3.8, 4) is 23.1 Å². The molecule has 1 aliphatic carbocycles. The predicted molar refractivity (Wildman–Crippen MR) is 124 cm³/mol.